The average molecular weight is 281 g/mol. The van der Waals surface area contributed by atoms with Gasteiger partial charge in [0, 0.05) is 19.7 Å². The van der Waals surface area contributed by atoms with Crippen LogP contribution in [0.4, 0.5) is 0 Å². The third kappa shape index (κ3) is 3.72. The van der Waals surface area contributed by atoms with Gasteiger partial charge in [0.2, 0.25) is 0 Å². The summed E-state index contributed by atoms with van der Waals surface area (Å²) >= 11 is 0. The minimum absolute atomic E-state index is 0.447. The third-order valence-corrected chi connectivity index (χ3v) is 4.37. The highest BCUT2D eigenvalue weighted by atomic mass is 16.5. The lowest BCUT2D eigenvalue weighted by Gasteiger charge is -2.13. The lowest BCUT2D eigenvalue weighted by atomic mass is 10.0. The van der Waals surface area contributed by atoms with Crippen molar-refractivity contribution in [2.24, 2.45) is 0 Å². The Kier molecular flexibility index (Phi) is 4.69. The molecule has 0 saturated heterocycles. The van der Waals surface area contributed by atoms with E-state index in [0.29, 0.717) is 12.1 Å². The molecule has 2 atom stereocenters. The van der Waals surface area contributed by atoms with Crippen molar-refractivity contribution in [1.82, 2.24) is 5.32 Å². The van der Waals surface area contributed by atoms with Crippen LogP contribution in [0, 0.1) is 0 Å². The molecule has 0 amide bonds. The molecule has 2 aromatic carbocycles. The Morgan fingerprint density at radius 2 is 1.67 bits per heavy atom. The van der Waals surface area contributed by atoms with Crippen LogP contribution in [0.3, 0.4) is 0 Å². The molecule has 0 aliphatic heterocycles. The predicted molar refractivity (Wildman–Crippen MR) is 87.2 cm³/mol. The number of methoxy groups -OCH3 is 1. The predicted octanol–water partition coefficient (Wildman–Crippen LogP) is 4.01. The van der Waals surface area contributed by atoms with E-state index in [1.807, 2.05) is 7.11 Å². The fourth-order valence-corrected chi connectivity index (χ4v) is 3.05. The van der Waals surface area contributed by atoms with Gasteiger partial charge in [0.1, 0.15) is 0 Å². The summed E-state index contributed by atoms with van der Waals surface area (Å²) in [6.45, 7) is 0.941. The molecule has 110 valence electrons. The topological polar surface area (TPSA) is 21.3 Å². The van der Waals surface area contributed by atoms with Crippen molar-refractivity contribution in [2.75, 3.05) is 7.11 Å². The summed E-state index contributed by atoms with van der Waals surface area (Å²) in [5.74, 6) is 0. The van der Waals surface area contributed by atoms with Gasteiger partial charge in [0.25, 0.3) is 0 Å². The van der Waals surface area contributed by atoms with E-state index in [0.717, 1.165) is 13.0 Å². The van der Waals surface area contributed by atoms with Gasteiger partial charge in [0.15, 0.2) is 0 Å². The van der Waals surface area contributed by atoms with Crippen LogP contribution in [-0.4, -0.2) is 19.3 Å². The zero-order valence-electron chi connectivity index (χ0n) is 12.6. The Hall–Kier alpha value is -1.64. The summed E-state index contributed by atoms with van der Waals surface area (Å²) in [5, 5.41) is 3.64. The van der Waals surface area contributed by atoms with Crippen molar-refractivity contribution in [3.63, 3.8) is 0 Å². The van der Waals surface area contributed by atoms with E-state index < -0.39 is 0 Å². The highest BCUT2D eigenvalue weighted by Gasteiger charge is 2.23. The molecular formula is C19H23NO. The molecule has 3 rings (SSSR count). The summed E-state index contributed by atoms with van der Waals surface area (Å²) in [7, 11) is 1.81. The molecule has 21 heavy (non-hydrogen) atoms. The molecule has 2 nitrogen and oxygen atoms in total. The summed E-state index contributed by atoms with van der Waals surface area (Å²) < 4.78 is 5.42. The Balaban J connectivity index is 1.55. The first-order valence-electron chi connectivity index (χ1n) is 7.75. The van der Waals surface area contributed by atoms with Gasteiger partial charge >= 0.3 is 0 Å². The minimum atomic E-state index is 0.447. The molecule has 1 N–H and O–H groups in total. The highest BCUT2D eigenvalue weighted by molar-refractivity contribution is 5.63. The van der Waals surface area contributed by atoms with E-state index in [4.69, 9.17) is 4.74 Å². The SMILES string of the molecule is COC1CCC(NCc2ccc(-c3ccccc3)cc2)C1. The van der Waals surface area contributed by atoms with Crippen molar-refractivity contribution < 1.29 is 4.74 Å². The maximum atomic E-state index is 5.42. The zero-order valence-corrected chi connectivity index (χ0v) is 12.6. The number of benzene rings is 2. The lowest BCUT2D eigenvalue weighted by Crippen LogP contribution is -2.26. The van der Waals surface area contributed by atoms with Gasteiger partial charge in [0.05, 0.1) is 6.10 Å². The van der Waals surface area contributed by atoms with Crippen molar-refractivity contribution in [3.8, 4) is 11.1 Å². The second-order valence-electron chi connectivity index (χ2n) is 5.81. The smallest absolute Gasteiger partial charge is 0.0586 e. The Labute approximate surface area is 127 Å². The summed E-state index contributed by atoms with van der Waals surface area (Å²) in [6, 6.07) is 20.0. The average Bonchev–Trinajstić information content (AvgIpc) is 3.02. The van der Waals surface area contributed by atoms with Crippen LogP contribution >= 0.6 is 0 Å². The molecule has 1 aliphatic rings. The fourth-order valence-electron chi connectivity index (χ4n) is 3.05. The number of hydrogen-bond donors (Lipinski definition) is 1. The molecule has 1 saturated carbocycles. The van der Waals surface area contributed by atoms with Gasteiger partial charge in [-0.1, -0.05) is 54.6 Å². The maximum absolute atomic E-state index is 5.42. The Morgan fingerprint density at radius 1 is 0.952 bits per heavy atom. The normalized spacial score (nSPS) is 21.6. The van der Waals surface area contributed by atoms with Gasteiger partial charge in [-0.25, -0.2) is 0 Å². The minimum Gasteiger partial charge on any atom is -0.381 e. The molecule has 1 aliphatic carbocycles. The second kappa shape index (κ2) is 6.88. The molecule has 2 unspecified atom stereocenters. The van der Waals surface area contributed by atoms with Crippen LogP contribution in [0.5, 0.6) is 0 Å². The standard InChI is InChI=1S/C19H23NO/c1-21-19-12-11-18(13-19)20-14-15-7-9-17(10-8-15)16-5-3-2-4-6-16/h2-10,18-20H,11-14H2,1H3. The van der Waals surface area contributed by atoms with Crippen LogP contribution in [0.2, 0.25) is 0 Å². The molecular weight excluding hydrogens is 258 g/mol. The molecule has 2 heteroatoms. The molecule has 0 heterocycles. The van der Waals surface area contributed by atoms with E-state index in [1.54, 1.807) is 0 Å². The molecule has 0 bridgehead atoms. The first-order chi connectivity index (χ1) is 10.3. The van der Waals surface area contributed by atoms with Crippen LogP contribution < -0.4 is 5.32 Å². The van der Waals surface area contributed by atoms with Crippen molar-refractivity contribution in [1.29, 1.82) is 0 Å². The zero-order chi connectivity index (χ0) is 14.5. The van der Waals surface area contributed by atoms with Gasteiger partial charge in [-0.3, -0.25) is 0 Å². The third-order valence-electron chi connectivity index (χ3n) is 4.37. The van der Waals surface area contributed by atoms with E-state index in [9.17, 15) is 0 Å². The quantitative estimate of drug-likeness (QED) is 0.894. The van der Waals surface area contributed by atoms with Gasteiger partial charge in [-0.2, -0.15) is 0 Å². The first kappa shape index (κ1) is 14.3. The van der Waals surface area contributed by atoms with E-state index >= 15 is 0 Å². The Morgan fingerprint density at radius 3 is 2.33 bits per heavy atom. The first-order valence-corrected chi connectivity index (χ1v) is 7.75. The van der Waals surface area contributed by atoms with Crippen LogP contribution in [0.1, 0.15) is 24.8 Å². The number of hydrogen-bond acceptors (Lipinski definition) is 2. The Bertz CT molecular complexity index is 550. The lowest BCUT2D eigenvalue weighted by molar-refractivity contribution is 0.107. The monoisotopic (exact) mass is 281 g/mol. The fraction of sp³-hybridized carbons (Fsp3) is 0.368. The van der Waals surface area contributed by atoms with E-state index in [1.165, 1.54) is 29.5 Å². The van der Waals surface area contributed by atoms with Gasteiger partial charge in [-0.05, 0) is 36.0 Å². The van der Waals surface area contributed by atoms with E-state index in [2.05, 4.69) is 59.9 Å². The van der Waals surface area contributed by atoms with Gasteiger partial charge < -0.3 is 10.1 Å². The molecule has 2 aromatic rings. The number of nitrogens with one attached hydrogen (secondary N) is 1. The van der Waals surface area contributed by atoms with Crippen molar-refractivity contribution >= 4 is 0 Å². The summed E-state index contributed by atoms with van der Waals surface area (Å²) in [5.41, 5.74) is 3.89. The van der Waals surface area contributed by atoms with Crippen LogP contribution in [0.25, 0.3) is 11.1 Å². The summed E-state index contributed by atoms with van der Waals surface area (Å²) in [6.07, 6.45) is 3.99. The second-order valence-corrected chi connectivity index (χ2v) is 5.81. The molecule has 0 aromatic heterocycles. The number of ether oxygens (including phenoxy) is 1. The summed E-state index contributed by atoms with van der Waals surface area (Å²) in [4.78, 5) is 0. The van der Waals surface area contributed by atoms with E-state index in [-0.39, 0.29) is 0 Å². The maximum Gasteiger partial charge on any atom is 0.0586 e. The largest absolute Gasteiger partial charge is 0.381 e. The highest BCUT2D eigenvalue weighted by Crippen LogP contribution is 2.22. The van der Waals surface area contributed by atoms with Crippen LogP contribution in [0.15, 0.2) is 54.6 Å². The molecule has 1 fully saturated rings. The van der Waals surface area contributed by atoms with Crippen LogP contribution in [-0.2, 0) is 11.3 Å². The van der Waals surface area contributed by atoms with Crippen molar-refractivity contribution in [2.45, 2.75) is 38.0 Å². The number of rotatable bonds is 5. The van der Waals surface area contributed by atoms with Gasteiger partial charge in [-0.15, -0.1) is 0 Å². The molecule has 0 radical (unpaired) electrons. The molecule has 0 spiro atoms. The van der Waals surface area contributed by atoms with Crippen molar-refractivity contribution in [3.05, 3.63) is 60.2 Å².